The first kappa shape index (κ1) is 16.0. The van der Waals surface area contributed by atoms with Crippen molar-refractivity contribution in [3.05, 3.63) is 35.1 Å². The second-order valence-corrected chi connectivity index (χ2v) is 5.81. The summed E-state index contributed by atoms with van der Waals surface area (Å²) in [5, 5.41) is 0. The number of carbonyl (C=O) groups excluding carboxylic acids is 1. The van der Waals surface area contributed by atoms with Crippen LogP contribution in [0.15, 0.2) is 18.2 Å². The maximum atomic E-state index is 13.9. The molecule has 0 amide bonds. The number of ketones is 1. The average Bonchev–Trinajstić information content (AvgIpc) is 2.40. The first-order valence-corrected chi connectivity index (χ1v) is 7.19. The Labute approximate surface area is 121 Å². The van der Waals surface area contributed by atoms with Crippen LogP contribution in [-0.2, 0) is 6.18 Å². The highest BCUT2D eigenvalue weighted by molar-refractivity contribution is 5.96. The maximum absolute atomic E-state index is 13.9. The molecule has 0 N–H and O–H groups in total. The van der Waals surface area contributed by atoms with Crippen LogP contribution in [0.25, 0.3) is 0 Å². The molecule has 5 heteroatoms. The SMILES string of the molecule is CC1CCCCC1CC(=O)c1cccc(C(F)(F)F)c1F. The average molecular weight is 302 g/mol. The summed E-state index contributed by atoms with van der Waals surface area (Å²) < 4.78 is 51.9. The Bertz CT molecular complexity index is 521. The molecule has 1 nitrogen and oxygen atoms in total. The Morgan fingerprint density at radius 2 is 1.90 bits per heavy atom. The van der Waals surface area contributed by atoms with Gasteiger partial charge in [-0.3, -0.25) is 4.79 Å². The van der Waals surface area contributed by atoms with Crippen LogP contribution < -0.4 is 0 Å². The summed E-state index contributed by atoms with van der Waals surface area (Å²) in [4.78, 5) is 12.2. The van der Waals surface area contributed by atoms with Crippen LogP contribution in [0.4, 0.5) is 17.6 Å². The van der Waals surface area contributed by atoms with Gasteiger partial charge in [-0.25, -0.2) is 4.39 Å². The molecule has 0 radical (unpaired) electrons. The van der Waals surface area contributed by atoms with Crippen LogP contribution in [0.3, 0.4) is 0 Å². The van der Waals surface area contributed by atoms with Gasteiger partial charge in [-0.2, -0.15) is 13.2 Å². The molecule has 21 heavy (non-hydrogen) atoms. The molecule has 0 aliphatic heterocycles. The second-order valence-electron chi connectivity index (χ2n) is 5.81. The lowest BCUT2D eigenvalue weighted by Gasteiger charge is -2.28. The minimum Gasteiger partial charge on any atom is -0.294 e. The summed E-state index contributed by atoms with van der Waals surface area (Å²) in [6, 6.07) is 2.89. The van der Waals surface area contributed by atoms with Crippen LogP contribution in [0.5, 0.6) is 0 Å². The minimum atomic E-state index is -4.78. The van der Waals surface area contributed by atoms with E-state index in [2.05, 4.69) is 0 Å². The molecular formula is C16H18F4O. The Morgan fingerprint density at radius 1 is 1.24 bits per heavy atom. The molecule has 0 spiro atoms. The maximum Gasteiger partial charge on any atom is 0.419 e. The van der Waals surface area contributed by atoms with E-state index in [-0.39, 0.29) is 12.3 Å². The molecule has 1 fully saturated rings. The van der Waals surface area contributed by atoms with E-state index in [9.17, 15) is 22.4 Å². The number of alkyl halides is 3. The Hall–Kier alpha value is -1.39. The Kier molecular flexibility index (Phi) is 4.69. The smallest absolute Gasteiger partial charge is 0.294 e. The summed E-state index contributed by atoms with van der Waals surface area (Å²) >= 11 is 0. The molecule has 116 valence electrons. The number of halogens is 4. The van der Waals surface area contributed by atoms with Gasteiger partial charge in [0, 0.05) is 6.42 Å². The van der Waals surface area contributed by atoms with E-state index in [1.54, 1.807) is 0 Å². The number of hydrogen-bond donors (Lipinski definition) is 0. The first-order valence-electron chi connectivity index (χ1n) is 7.19. The Morgan fingerprint density at radius 3 is 2.52 bits per heavy atom. The van der Waals surface area contributed by atoms with E-state index >= 15 is 0 Å². The van der Waals surface area contributed by atoms with Gasteiger partial charge >= 0.3 is 6.18 Å². The van der Waals surface area contributed by atoms with Gasteiger partial charge in [-0.15, -0.1) is 0 Å². The standard InChI is InChI=1S/C16H18F4O/c1-10-5-2-3-6-11(10)9-14(21)12-7-4-8-13(15(12)17)16(18,19)20/h4,7-8,10-11H,2-3,5-6,9H2,1H3. The zero-order valence-electron chi connectivity index (χ0n) is 11.8. The van der Waals surface area contributed by atoms with Crippen molar-refractivity contribution in [3.8, 4) is 0 Å². The molecule has 1 aromatic rings. The van der Waals surface area contributed by atoms with Crippen LogP contribution in [0.2, 0.25) is 0 Å². The van der Waals surface area contributed by atoms with Crippen molar-refractivity contribution in [2.24, 2.45) is 11.8 Å². The molecule has 2 atom stereocenters. The normalized spacial score (nSPS) is 23.1. The van der Waals surface area contributed by atoms with Crippen molar-refractivity contribution in [2.45, 2.75) is 45.2 Å². The van der Waals surface area contributed by atoms with E-state index in [4.69, 9.17) is 0 Å². The Balaban J connectivity index is 2.20. The molecule has 0 heterocycles. The van der Waals surface area contributed by atoms with Crippen LogP contribution >= 0.6 is 0 Å². The van der Waals surface area contributed by atoms with Gasteiger partial charge in [0.1, 0.15) is 5.82 Å². The fourth-order valence-corrected chi connectivity index (χ4v) is 3.01. The van der Waals surface area contributed by atoms with Crippen molar-refractivity contribution < 1.29 is 22.4 Å². The largest absolute Gasteiger partial charge is 0.419 e. The molecule has 1 aliphatic rings. The number of carbonyl (C=O) groups is 1. The predicted molar refractivity (Wildman–Crippen MR) is 71.5 cm³/mol. The molecule has 2 rings (SSSR count). The third kappa shape index (κ3) is 3.63. The number of hydrogen-bond acceptors (Lipinski definition) is 1. The summed E-state index contributed by atoms with van der Waals surface area (Å²) in [5.74, 6) is -1.48. The van der Waals surface area contributed by atoms with Gasteiger partial charge in [-0.1, -0.05) is 32.3 Å². The van der Waals surface area contributed by atoms with Gasteiger partial charge in [-0.05, 0) is 30.4 Å². The summed E-state index contributed by atoms with van der Waals surface area (Å²) in [5.41, 5.74) is -1.81. The zero-order valence-corrected chi connectivity index (χ0v) is 11.8. The quantitative estimate of drug-likeness (QED) is 0.551. The number of benzene rings is 1. The van der Waals surface area contributed by atoms with Crippen LogP contribution in [0.1, 0.15) is 54.9 Å². The van der Waals surface area contributed by atoms with Gasteiger partial charge in [0.15, 0.2) is 5.78 Å². The first-order chi connectivity index (χ1) is 9.80. The zero-order chi connectivity index (χ0) is 15.6. The van der Waals surface area contributed by atoms with Crippen molar-refractivity contribution in [1.29, 1.82) is 0 Å². The summed E-state index contributed by atoms with van der Waals surface area (Å²) in [6.07, 6.45) is -0.619. The second kappa shape index (κ2) is 6.16. The van der Waals surface area contributed by atoms with Gasteiger partial charge in [0.05, 0.1) is 11.1 Å². The molecule has 1 aliphatic carbocycles. The molecular weight excluding hydrogens is 284 g/mol. The molecule has 1 aromatic carbocycles. The monoisotopic (exact) mass is 302 g/mol. The van der Waals surface area contributed by atoms with E-state index in [1.165, 1.54) is 0 Å². The third-order valence-corrected chi connectivity index (χ3v) is 4.34. The molecule has 0 aromatic heterocycles. The van der Waals surface area contributed by atoms with Gasteiger partial charge in [0.25, 0.3) is 0 Å². The van der Waals surface area contributed by atoms with E-state index in [0.717, 1.165) is 37.8 Å². The van der Waals surface area contributed by atoms with E-state index < -0.39 is 28.9 Å². The minimum absolute atomic E-state index is 0.124. The molecule has 2 unspecified atom stereocenters. The highest BCUT2D eigenvalue weighted by Crippen LogP contribution is 2.35. The van der Waals surface area contributed by atoms with E-state index in [1.807, 2.05) is 6.92 Å². The van der Waals surface area contributed by atoms with Crippen molar-refractivity contribution in [3.63, 3.8) is 0 Å². The lowest BCUT2D eigenvalue weighted by molar-refractivity contribution is -0.140. The molecule has 0 saturated heterocycles. The lowest BCUT2D eigenvalue weighted by Crippen LogP contribution is -2.21. The lowest BCUT2D eigenvalue weighted by atomic mass is 9.77. The topological polar surface area (TPSA) is 17.1 Å². The fourth-order valence-electron chi connectivity index (χ4n) is 3.01. The van der Waals surface area contributed by atoms with Gasteiger partial charge in [0.2, 0.25) is 0 Å². The summed E-state index contributed by atoms with van der Waals surface area (Å²) in [6.45, 7) is 2.04. The van der Waals surface area contributed by atoms with Gasteiger partial charge < -0.3 is 0 Å². The predicted octanol–water partition coefficient (Wildman–Crippen LogP) is 5.24. The van der Waals surface area contributed by atoms with Crippen molar-refractivity contribution in [1.82, 2.24) is 0 Å². The van der Waals surface area contributed by atoms with Crippen molar-refractivity contribution >= 4 is 5.78 Å². The van der Waals surface area contributed by atoms with Crippen LogP contribution in [-0.4, -0.2) is 5.78 Å². The van der Waals surface area contributed by atoms with E-state index in [0.29, 0.717) is 12.0 Å². The number of Topliss-reactive ketones (excluding diaryl/α,β-unsaturated/α-hetero) is 1. The van der Waals surface area contributed by atoms with Crippen molar-refractivity contribution in [2.75, 3.05) is 0 Å². The fraction of sp³-hybridized carbons (Fsp3) is 0.562. The summed E-state index contributed by atoms with van der Waals surface area (Å²) in [7, 11) is 0. The van der Waals surface area contributed by atoms with Crippen LogP contribution in [0, 0.1) is 17.7 Å². The molecule has 0 bridgehead atoms. The molecule has 1 saturated carbocycles. The highest BCUT2D eigenvalue weighted by atomic mass is 19.4. The number of rotatable bonds is 3. The third-order valence-electron chi connectivity index (χ3n) is 4.34. The highest BCUT2D eigenvalue weighted by Gasteiger charge is 2.36.